The lowest BCUT2D eigenvalue weighted by Crippen LogP contribution is -2.17. The summed E-state index contributed by atoms with van der Waals surface area (Å²) in [4.78, 5) is 16.4. The Labute approximate surface area is 156 Å². The molecule has 1 fully saturated rings. The molecule has 0 spiro atoms. The highest BCUT2D eigenvalue weighted by Gasteiger charge is 2.23. The third-order valence-electron chi connectivity index (χ3n) is 3.59. The smallest absolute Gasteiger partial charge is 0.263 e. The van der Waals surface area contributed by atoms with Crippen LogP contribution in [0.1, 0.15) is 5.76 Å². The molecule has 0 radical (unpaired) electrons. The number of benzene rings is 1. The van der Waals surface area contributed by atoms with Crippen molar-refractivity contribution in [1.82, 2.24) is 10.3 Å². The van der Waals surface area contributed by atoms with Crippen LogP contribution in [0.5, 0.6) is 0 Å². The van der Waals surface area contributed by atoms with E-state index in [2.05, 4.69) is 10.3 Å². The van der Waals surface area contributed by atoms with Gasteiger partial charge in [0.05, 0.1) is 9.93 Å². The molecule has 3 heterocycles. The van der Waals surface area contributed by atoms with Crippen molar-refractivity contribution in [2.45, 2.75) is 0 Å². The third-order valence-corrected chi connectivity index (χ3v) is 5.04. The largest absolute Gasteiger partial charge is 0.456 e. The Balaban J connectivity index is 1.81. The van der Waals surface area contributed by atoms with E-state index in [9.17, 15) is 9.18 Å². The molecule has 8 heteroatoms. The van der Waals surface area contributed by atoms with Crippen molar-refractivity contribution >= 4 is 62.9 Å². The van der Waals surface area contributed by atoms with E-state index in [-0.39, 0.29) is 10.9 Å². The minimum absolute atomic E-state index is 0.0240. The van der Waals surface area contributed by atoms with Gasteiger partial charge in [-0.3, -0.25) is 9.78 Å². The molecule has 0 saturated carbocycles. The number of nitrogens with one attached hydrogen (secondary N) is 1. The van der Waals surface area contributed by atoms with Gasteiger partial charge in [-0.2, -0.15) is 0 Å². The van der Waals surface area contributed by atoms with Gasteiger partial charge in [0.1, 0.15) is 21.5 Å². The van der Waals surface area contributed by atoms with Gasteiger partial charge in [0, 0.05) is 29.4 Å². The standard InChI is InChI=1S/C17H8ClFN2O2S2/c18-12-4-8(1-2-13(12)19)11-7-20-6-9-3-10(23-15(9)11)5-14-16(22)21-17(24)25-14/h1-7H,(H,21,22,24)/b14-5-. The zero-order chi connectivity index (χ0) is 17.6. The molecule has 4 nitrogen and oxygen atoms in total. The highest BCUT2D eigenvalue weighted by atomic mass is 35.5. The van der Waals surface area contributed by atoms with E-state index in [1.807, 2.05) is 0 Å². The molecular weight excluding hydrogens is 383 g/mol. The summed E-state index contributed by atoms with van der Waals surface area (Å²) < 4.78 is 19.7. The first-order valence-electron chi connectivity index (χ1n) is 7.09. The number of aromatic nitrogens is 1. The number of nitrogens with zero attached hydrogens (tertiary/aromatic N) is 1. The number of furan rings is 1. The van der Waals surface area contributed by atoms with Crippen LogP contribution in [0.4, 0.5) is 4.39 Å². The van der Waals surface area contributed by atoms with Crippen molar-refractivity contribution in [2.24, 2.45) is 0 Å². The normalized spacial score (nSPS) is 16.0. The molecule has 3 aromatic rings. The molecule has 1 aliphatic heterocycles. The molecular formula is C17H8ClFN2O2S2. The lowest BCUT2D eigenvalue weighted by atomic mass is 10.1. The van der Waals surface area contributed by atoms with Crippen LogP contribution in [0.25, 0.3) is 28.2 Å². The molecule has 1 aliphatic rings. The van der Waals surface area contributed by atoms with Crippen molar-refractivity contribution in [3.63, 3.8) is 0 Å². The Bertz CT molecular complexity index is 1080. The molecule has 0 atom stereocenters. The summed E-state index contributed by atoms with van der Waals surface area (Å²) in [6.07, 6.45) is 4.90. The lowest BCUT2D eigenvalue weighted by Gasteiger charge is -2.03. The minimum Gasteiger partial charge on any atom is -0.456 e. The molecule has 2 aromatic heterocycles. The predicted octanol–water partition coefficient (Wildman–Crippen LogP) is 4.78. The molecule has 1 saturated heterocycles. The number of carbonyl (C=O) groups is 1. The van der Waals surface area contributed by atoms with E-state index in [4.69, 9.17) is 28.2 Å². The van der Waals surface area contributed by atoms with E-state index in [0.717, 1.165) is 5.39 Å². The summed E-state index contributed by atoms with van der Waals surface area (Å²) in [5.41, 5.74) is 1.95. The van der Waals surface area contributed by atoms with E-state index in [0.29, 0.717) is 31.7 Å². The second kappa shape index (κ2) is 6.25. The molecule has 4 rings (SSSR count). The fourth-order valence-electron chi connectivity index (χ4n) is 2.47. The second-order valence-electron chi connectivity index (χ2n) is 5.24. The number of thioether (sulfide) groups is 1. The number of halogens is 2. The van der Waals surface area contributed by atoms with Crippen LogP contribution in [0, 0.1) is 5.82 Å². The first-order valence-corrected chi connectivity index (χ1v) is 8.69. The monoisotopic (exact) mass is 390 g/mol. The van der Waals surface area contributed by atoms with Crippen molar-refractivity contribution in [3.05, 3.63) is 58.2 Å². The highest BCUT2D eigenvalue weighted by Crippen LogP contribution is 2.34. The first kappa shape index (κ1) is 16.3. The average molecular weight is 391 g/mol. The van der Waals surface area contributed by atoms with E-state index in [1.165, 1.54) is 23.9 Å². The first-order chi connectivity index (χ1) is 12.0. The SMILES string of the molecule is O=C1NC(=S)S/C1=C\c1cc2cncc(-c3ccc(F)c(Cl)c3)c2o1. The number of hydrogen-bond donors (Lipinski definition) is 1. The Kier molecular flexibility index (Phi) is 4.07. The zero-order valence-corrected chi connectivity index (χ0v) is 14.8. The van der Waals surface area contributed by atoms with Crippen LogP contribution < -0.4 is 5.32 Å². The third kappa shape index (κ3) is 3.06. The van der Waals surface area contributed by atoms with Crippen LogP contribution >= 0.6 is 35.6 Å². The van der Waals surface area contributed by atoms with Crippen LogP contribution in [-0.4, -0.2) is 15.2 Å². The lowest BCUT2D eigenvalue weighted by molar-refractivity contribution is -0.115. The van der Waals surface area contributed by atoms with Crippen molar-refractivity contribution in [2.75, 3.05) is 0 Å². The quantitative estimate of drug-likeness (QED) is 0.504. The fraction of sp³-hybridized carbons (Fsp3) is 0. The molecule has 1 aromatic carbocycles. The summed E-state index contributed by atoms with van der Waals surface area (Å²) in [6, 6.07) is 6.20. The van der Waals surface area contributed by atoms with Gasteiger partial charge in [-0.15, -0.1) is 0 Å². The molecule has 0 bridgehead atoms. The number of thiocarbonyl (C=S) groups is 1. The van der Waals surface area contributed by atoms with Crippen LogP contribution in [0.2, 0.25) is 5.02 Å². The fourth-order valence-corrected chi connectivity index (χ4v) is 3.68. The number of pyridine rings is 1. The average Bonchev–Trinajstić information content (AvgIpc) is 3.12. The summed E-state index contributed by atoms with van der Waals surface area (Å²) in [6.45, 7) is 0. The van der Waals surface area contributed by atoms with Gasteiger partial charge in [-0.05, 0) is 23.8 Å². The molecule has 1 N–H and O–H groups in total. The summed E-state index contributed by atoms with van der Waals surface area (Å²) in [7, 11) is 0. The van der Waals surface area contributed by atoms with Crippen molar-refractivity contribution in [1.29, 1.82) is 0 Å². The van der Waals surface area contributed by atoms with E-state index < -0.39 is 5.82 Å². The highest BCUT2D eigenvalue weighted by molar-refractivity contribution is 8.26. The Morgan fingerprint density at radius 2 is 2.16 bits per heavy atom. The summed E-state index contributed by atoms with van der Waals surface area (Å²) in [5, 5.41) is 3.34. The maximum Gasteiger partial charge on any atom is 0.263 e. The molecule has 0 unspecified atom stereocenters. The maximum atomic E-state index is 13.4. The number of amides is 1. The molecule has 25 heavy (non-hydrogen) atoms. The van der Waals surface area contributed by atoms with E-state index in [1.54, 1.807) is 30.6 Å². The Morgan fingerprint density at radius 3 is 2.88 bits per heavy atom. The minimum atomic E-state index is -0.490. The number of fused-ring (bicyclic) bond motifs is 1. The van der Waals surface area contributed by atoms with Gasteiger partial charge in [-0.25, -0.2) is 4.39 Å². The van der Waals surface area contributed by atoms with Gasteiger partial charge in [0.15, 0.2) is 0 Å². The number of carbonyl (C=O) groups excluding carboxylic acids is 1. The topological polar surface area (TPSA) is 55.1 Å². The van der Waals surface area contributed by atoms with Gasteiger partial charge in [0.2, 0.25) is 0 Å². The number of rotatable bonds is 2. The second-order valence-corrected chi connectivity index (χ2v) is 7.36. The molecule has 1 amide bonds. The zero-order valence-electron chi connectivity index (χ0n) is 12.4. The Morgan fingerprint density at radius 1 is 1.32 bits per heavy atom. The van der Waals surface area contributed by atoms with Crippen molar-refractivity contribution in [3.8, 4) is 11.1 Å². The van der Waals surface area contributed by atoms with Crippen LogP contribution in [0.15, 0.2) is 46.0 Å². The van der Waals surface area contributed by atoms with Gasteiger partial charge in [-0.1, -0.05) is 41.6 Å². The number of hydrogen-bond acceptors (Lipinski definition) is 5. The Hall–Kier alpha value is -2.22. The summed E-state index contributed by atoms with van der Waals surface area (Å²) in [5.74, 6) is -0.241. The molecule has 124 valence electrons. The van der Waals surface area contributed by atoms with Crippen LogP contribution in [0.3, 0.4) is 0 Å². The van der Waals surface area contributed by atoms with Gasteiger partial charge >= 0.3 is 0 Å². The van der Waals surface area contributed by atoms with E-state index >= 15 is 0 Å². The maximum absolute atomic E-state index is 13.4. The van der Waals surface area contributed by atoms with Crippen molar-refractivity contribution < 1.29 is 13.6 Å². The van der Waals surface area contributed by atoms with Gasteiger partial charge < -0.3 is 9.73 Å². The predicted molar refractivity (Wildman–Crippen MR) is 101 cm³/mol. The van der Waals surface area contributed by atoms with Gasteiger partial charge in [0.25, 0.3) is 5.91 Å². The summed E-state index contributed by atoms with van der Waals surface area (Å²) >= 11 is 12.0. The molecule has 0 aliphatic carbocycles. The van der Waals surface area contributed by atoms with Crippen LogP contribution in [-0.2, 0) is 4.79 Å².